The van der Waals surface area contributed by atoms with E-state index >= 15 is 0 Å². The first-order valence-corrected chi connectivity index (χ1v) is 10.1. The second kappa shape index (κ2) is 7.79. The van der Waals surface area contributed by atoms with Gasteiger partial charge in [-0.25, -0.2) is 0 Å². The summed E-state index contributed by atoms with van der Waals surface area (Å²) < 4.78 is 17.0. The van der Waals surface area contributed by atoms with Crippen LogP contribution in [-0.4, -0.2) is 54.3 Å². The Hall–Kier alpha value is -3.81. The fourth-order valence-corrected chi connectivity index (χ4v) is 3.96. The van der Waals surface area contributed by atoms with Gasteiger partial charge in [-0.3, -0.25) is 4.79 Å². The first-order chi connectivity index (χ1) is 15.2. The highest BCUT2D eigenvalue weighted by Gasteiger charge is 2.28. The number of rotatable bonds is 4. The number of fused-ring (bicyclic) bond motifs is 1. The number of carbonyl (C=O) groups is 1. The smallest absolute Gasteiger partial charge is 0.311 e. The third-order valence-corrected chi connectivity index (χ3v) is 5.64. The summed E-state index contributed by atoms with van der Waals surface area (Å²) >= 11 is 0. The van der Waals surface area contributed by atoms with Crippen molar-refractivity contribution in [3.05, 3.63) is 60.0 Å². The van der Waals surface area contributed by atoms with Crippen LogP contribution >= 0.6 is 0 Å². The van der Waals surface area contributed by atoms with Crippen LogP contribution in [0.15, 0.2) is 57.4 Å². The molecule has 0 N–H and O–H groups in total. The number of aromatic nitrogens is 2. The molecule has 2 aromatic heterocycles. The molecule has 1 amide bonds. The highest BCUT2D eigenvalue weighted by molar-refractivity contribution is 5.90. The van der Waals surface area contributed by atoms with E-state index in [0.29, 0.717) is 31.9 Å². The van der Waals surface area contributed by atoms with Gasteiger partial charge in [-0.15, -0.1) is 10.2 Å². The molecule has 1 aliphatic rings. The van der Waals surface area contributed by atoms with Gasteiger partial charge in [0.2, 0.25) is 0 Å². The molecule has 0 saturated carbocycles. The number of hydrogen-bond donors (Lipinski definition) is 0. The SMILES string of the molecule is COc1ccccc1N1CCN(C(=O)c2nnc(-c3oc4ccccc4c3C)o2)CC1. The molecule has 0 radical (unpaired) electrons. The Kier molecular flexibility index (Phi) is 4.82. The Morgan fingerprint density at radius 3 is 2.48 bits per heavy atom. The summed E-state index contributed by atoms with van der Waals surface area (Å²) in [6.07, 6.45) is 0. The first kappa shape index (κ1) is 19.2. The van der Waals surface area contributed by atoms with Crippen LogP contribution in [0.3, 0.4) is 0 Å². The summed E-state index contributed by atoms with van der Waals surface area (Å²) in [7, 11) is 1.66. The van der Waals surface area contributed by atoms with Crippen molar-refractivity contribution in [2.75, 3.05) is 38.2 Å². The molecule has 158 valence electrons. The van der Waals surface area contributed by atoms with Gasteiger partial charge in [0, 0.05) is 37.1 Å². The minimum atomic E-state index is -0.271. The van der Waals surface area contributed by atoms with Crippen LogP contribution in [0.5, 0.6) is 5.75 Å². The molecule has 0 spiro atoms. The van der Waals surface area contributed by atoms with E-state index in [1.165, 1.54) is 0 Å². The number of carbonyl (C=O) groups excluding carboxylic acids is 1. The quantitative estimate of drug-likeness (QED) is 0.499. The van der Waals surface area contributed by atoms with Crippen molar-refractivity contribution in [2.24, 2.45) is 0 Å². The van der Waals surface area contributed by atoms with Crippen LogP contribution in [0.4, 0.5) is 5.69 Å². The maximum Gasteiger partial charge on any atom is 0.311 e. The zero-order valence-corrected chi connectivity index (χ0v) is 17.4. The Morgan fingerprint density at radius 2 is 1.71 bits per heavy atom. The number of piperazine rings is 1. The normalized spacial score (nSPS) is 14.3. The predicted molar refractivity (Wildman–Crippen MR) is 115 cm³/mol. The third kappa shape index (κ3) is 3.39. The zero-order chi connectivity index (χ0) is 21.4. The second-order valence-corrected chi connectivity index (χ2v) is 7.42. The van der Waals surface area contributed by atoms with E-state index in [1.807, 2.05) is 55.5 Å². The average molecular weight is 418 g/mol. The Bertz CT molecular complexity index is 1240. The van der Waals surface area contributed by atoms with Gasteiger partial charge in [0.25, 0.3) is 5.89 Å². The van der Waals surface area contributed by atoms with E-state index in [4.69, 9.17) is 13.6 Å². The highest BCUT2D eigenvalue weighted by atomic mass is 16.5. The van der Waals surface area contributed by atoms with Crippen molar-refractivity contribution in [3.8, 4) is 17.4 Å². The summed E-state index contributed by atoms with van der Waals surface area (Å²) in [5.74, 6) is 1.23. The van der Waals surface area contributed by atoms with Crippen molar-refractivity contribution in [2.45, 2.75) is 6.92 Å². The van der Waals surface area contributed by atoms with Crippen LogP contribution in [-0.2, 0) is 0 Å². The molecule has 0 bridgehead atoms. The van der Waals surface area contributed by atoms with Gasteiger partial charge >= 0.3 is 11.8 Å². The van der Waals surface area contributed by atoms with E-state index in [9.17, 15) is 4.79 Å². The molecular formula is C23H22N4O4. The first-order valence-electron chi connectivity index (χ1n) is 10.1. The number of benzene rings is 2. The predicted octanol–water partition coefficient (Wildman–Crippen LogP) is 3.76. The van der Waals surface area contributed by atoms with Crippen molar-refractivity contribution in [3.63, 3.8) is 0 Å². The Morgan fingerprint density at radius 1 is 0.968 bits per heavy atom. The number of anilines is 1. The minimum absolute atomic E-state index is 0.0272. The zero-order valence-electron chi connectivity index (χ0n) is 17.4. The fourth-order valence-electron chi connectivity index (χ4n) is 3.96. The molecule has 0 atom stereocenters. The van der Waals surface area contributed by atoms with Crippen LogP contribution < -0.4 is 9.64 Å². The van der Waals surface area contributed by atoms with E-state index in [-0.39, 0.29) is 17.7 Å². The topological polar surface area (TPSA) is 84.8 Å². The highest BCUT2D eigenvalue weighted by Crippen LogP contribution is 2.32. The number of ether oxygens (including phenoxy) is 1. The lowest BCUT2D eigenvalue weighted by Gasteiger charge is -2.36. The molecule has 0 aliphatic carbocycles. The molecule has 3 heterocycles. The lowest BCUT2D eigenvalue weighted by Crippen LogP contribution is -2.49. The Balaban J connectivity index is 1.31. The van der Waals surface area contributed by atoms with Gasteiger partial charge in [0.15, 0.2) is 5.76 Å². The number of methoxy groups -OCH3 is 1. The second-order valence-electron chi connectivity index (χ2n) is 7.42. The number of furan rings is 1. The summed E-state index contributed by atoms with van der Waals surface area (Å²) in [5, 5.41) is 9.02. The maximum absolute atomic E-state index is 12.9. The average Bonchev–Trinajstić information content (AvgIpc) is 3.44. The van der Waals surface area contributed by atoms with Crippen molar-refractivity contribution in [1.29, 1.82) is 0 Å². The largest absolute Gasteiger partial charge is 0.495 e. The fraction of sp³-hybridized carbons (Fsp3) is 0.261. The number of aryl methyl sites for hydroxylation is 1. The van der Waals surface area contributed by atoms with Gasteiger partial charge in [0.1, 0.15) is 11.3 Å². The van der Waals surface area contributed by atoms with Crippen molar-refractivity contribution >= 4 is 22.6 Å². The molecule has 2 aromatic carbocycles. The summed E-state index contributed by atoms with van der Waals surface area (Å²) in [6, 6.07) is 15.6. The standard InChI is InChI=1S/C23H22N4O4/c1-15-16-7-3-5-9-18(16)30-20(15)21-24-25-22(31-21)23(28)27-13-11-26(12-14-27)17-8-4-6-10-19(17)29-2/h3-10H,11-14H2,1-2H3. The van der Waals surface area contributed by atoms with E-state index in [0.717, 1.165) is 28.0 Å². The lowest BCUT2D eigenvalue weighted by atomic mass is 10.1. The summed E-state index contributed by atoms with van der Waals surface area (Å²) in [6.45, 7) is 4.42. The molecule has 0 unspecified atom stereocenters. The molecule has 31 heavy (non-hydrogen) atoms. The monoisotopic (exact) mass is 418 g/mol. The Labute approximate surface area is 179 Å². The maximum atomic E-state index is 12.9. The number of amides is 1. The summed E-state index contributed by atoms with van der Waals surface area (Å²) in [5.41, 5.74) is 2.68. The van der Waals surface area contributed by atoms with E-state index < -0.39 is 0 Å². The van der Waals surface area contributed by atoms with Crippen LogP contribution in [0, 0.1) is 6.92 Å². The molecular weight excluding hydrogens is 396 g/mol. The van der Waals surface area contributed by atoms with Gasteiger partial charge < -0.3 is 23.4 Å². The van der Waals surface area contributed by atoms with Gasteiger partial charge in [-0.2, -0.15) is 0 Å². The van der Waals surface area contributed by atoms with Gasteiger partial charge in [-0.05, 0) is 25.1 Å². The molecule has 8 nitrogen and oxygen atoms in total. The number of nitrogens with zero attached hydrogens (tertiary/aromatic N) is 4. The molecule has 1 fully saturated rings. The van der Waals surface area contributed by atoms with Crippen LogP contribution in [0.25, 0.3) is 22.6 Å². The minimum Gasteiger partial charge on any atom is -0.495 e. The van der Waals surface area contributed by atoms with Gasteiger partial charge in [-0.1, -0.05) is 30.3 Å². The van der Waals surface area contributed by atoms with E-state index in [1.54, 1.807) is 12.0 Å². The summed E-state index contributed by atoms with van der Waals surface area (Å²) in [4.78, 5) is 16.9. The van der Waals surface area contributed by atoms with E-state index in [2.05, 4.69) is 15.1 Å². The molecule has 5 rings (SSSR count). The van der Waals surface area contributed by atoms with Gasteiger partial charge in [0.05, 0.1) is 12.8 Å². The molecule has 1 saturated heterocycles. The molecule has 4 aromatic rings. The molecule has 8 heteroatoms. The lowest BCUT2D eigenvalue weighted by molar-refractivity contribution is 0.0707. The number of para-hydroxylation sites is 3. The van der Waals surface area contributed by atoms with Crippen molar-refractivity contribution < 1.29 is 18.4 Å². The van der Waals surface area contributed by atoms with Crippen LogP contribution in [0.2, 0.25) is 0 Å². The molecule has 1 aliphatic heterocycles. The number of hydrogen-bond acceptors (Lipinski definition) is 7. The van der Waals surface area contributed by atoms with Crippen LogP contribution in [0.1, 0.15) is 16.2 Å². The van der Waals surface area contributed by atoms with Crippen molar-refractivity contribution in [1.82, 2.24) is 15.1 Å². The third-order valence-electron chi connectivity index (χ3n) is 5.64.